The minimum Gasteiger partial charge on any atom is -0.452 e. The Balaban J connectivity index is 1.61. The molecule has 0 saturated carbocycles. The zero-order valence-corrected chi connectivity index (χ0v) is 18.8. The average Bonchev–Trinajstić information content (AvgIpc) is 3.23. The number of halogens is 3. The number of nitrogens with one attached hydrogen (secondary N) is 1. The van der Waals surface area contributed by atoms with Crippen molar-refractivity contribution in [1.82, 2.24) is 14.9 Å². The number of ether oxygens (including phenoxy) is 1. The number of nitrogens with zero attached hydrogens (tertiary/aromatic N) is 3. The van der Waals surface area contributed by atoms with E-state index in [1.54, 1.807) is 32.0 Å². The van der Waals surface area contributed by atoms with Gasteiger partial charge in [0.25, 0.3) is 5.91 Å². The molecule has 0 saturated heterocycles. The summed E-state index contributed by atoms with van der Waals surface area (Å²) in [6, 6.07) is 6.74. The van der Waals surface area contributed by atoms with Crippen LogP contribution in [0, 0.1) is 13.8 Å². The maximum absolute atomic E-state index is 12.0. The third-order valence-corrected chi connectivity index (χ3v) is 5.21. The number of carbonyl (C=O) groups excluding carboxylic acids is 2. The Hall–Kier alpha value is -2.81. The van der Waals surface area contributed by atoms with Crippen LogP contribution in [-0.2, 0) is 20.9 Å². The van der Waals surface area contributed by atoms with Crippen molar-refractivity contribution in [2.24, 2.45) is 0 Å². The lowest BCUT2D eigenvalue weighted by molar-refractivity contribution is -0.142. The molecule has 2 aromatic heterocycles. The molecule has 1 aromatic carbocycles. The third kappa shape index (κ3) is 5.88. The summed E-state index contributed by atoms with van der Waals surface area (Å²) in [4.78, 5) is 23.7. The number of amides is 1. The zero-order chi connectivity index (χ0) is 22.5. The molecule has 0 radical (unpaired) electrons. The van der Waals surface area contributed by atoms with Crippen LogP contribution in [0.2, 0.25) is 15.2 Å². The van der Waals surface area contributed by atoms with Crippen molar-refractivity contribution in [2.45, 2.75) is 20.4 Å². The molecule has 3 rings (SSSR count). The maximum atomic E-state index is 12.0. The Bertz CT molecular complexity index is 1130. The SMILES string of the molecule is Cc1cc(NC(=O)COC(=O)/C=C/c2c(C)nn(Cc3c(Cl)cccc3Cl)c2Cl)on1. The highest BCUT2D eigenvalue weighted by Gasteiger charge is 2.15. The lowest BCUT2D eigenvalue weighted by atomic mass is 10.2. The number of benzene rings is 1. The summed E-state index contributed by atoms with van der Waals surface area (Å²) in [5.74, 6) is -1.11. The van der Waals surface area contributed by atoms with Gasteiger partial charge in [0.2, 0.25) is 5.88 Å². The van der Waals surface area contributed by atoms with Gasteiger partial charge in [0.1, 0.15) is 5.15 Å². The summed E-state index contributed by atoms with van der Waals surface area (Å²) in [7, 11) is 0. The van der Waals surface area contributed by atoms with Gasteiger partial charge in [-0.2, -0.15) is 5.10 Å². The number of hydrogen-bond donors (Lipinski definition) is 1. The first-order valence-corrected chi connectivity index (χ1v) is 10.1. The van der Waals surface area contributed by atoms with Gasteiger partial charge in [0.05, 0.1) is 17.9 Å². The normalized spacial score (nSPS) is 11.1. The summed E-state index contributed by atoms with van der Waals surface area (Å²) < 4.78 is 11.3. The topological polar surface area (TPSA) is 99.2 Å². The molecule has 8 nitrogen and oxygen atoms in total. The Morgan fingerprint density at radius 3 is 2.58 bits per heavy atom. The van der Waals surface area contributed by atoms with Crippen molar-refractivity contribution in [1.29, 1.82) is 0 Å². The molecule has 1 N–H and O–H groups in total. The molecule has 0 aliphatic carbocycles. The number of hydrogen-bond acceptors (Lipinski definition) is 6. The molecule has 0 spiro atoms. The second kappa shape index (κ2) is 10.00. The van der Waals surface area contributed by atoms with Gasteiger partial charge in [-0.15, -0.1) is 0 Å². The molecule has 0 bridgehead atoms. The van der Waals surface area contributed by atoms with E-state index in [0.29, 0.717) is 37.7 Å². The van der Waals surface area contributed by atoms with Crippen LogP contribution in [0.5, 0.6) is 0 Å². The van der Waals surface area contributed by atoms with Crippen molar-refractivity contribution in [3.8, 4) is 0 Å². The number of aryl methyl sites for hydroxylation is 2. The van der Waals surface area contributed by atoms with Crippen LogP contribution in [0.15, 0.2) is 34.9 Å². The molecule has 0 aliphatic rings. The lowest BCUT2D eigenvalue weighted by Gasteiger charge is -2.08. The van der Waals surface area contributed by atoms with Gasteiger partial charge < -0.3 is 9.26 Å². The zero-order valence-electron chi connectivity index (χ0n) is 16.5. The van der Waals surface area contributed by atoms with E-state index < -0.39 is 18.5 Å². The fourth-order valence-corrected chi connectivity index (χ4v) is 3.44. The number of aromatic nitrogens is 3. The Morgan fingerprint density at radius 2 is 1.94 bits per heavy atom. The highest BCUT2D eigenvalue weighted by atomic mass is 35.5. The van der Waals surface area contributed by atoms with Crippen LogP contribution in [0.4, 0.5) is 5.88 Å². The minimum absolute atomic E-state index is 0.169. The van der Waals surface area contributed by atoms with Crippen LogP contribution in [0.25, 0.3) is 6.08 Å². The smallest absolute Gasteiger partial charge is 0.331 e. The van der Waals surface area contributed by atoms with E-state index in [9.17, 15) is 9.59 Å². The largest absolute Gasteiger partial charge is 0.452 e. The van der Waals surface area contributed by atoms with E-state index in [4.69, 9.17) is 44.1 Å². The van der Waals surface area contributed by atoms with E-state index in [0.717, 1.165) is 6.08 Å². The third-order valence-electron chi connectivity index (χ3n) is 4.10. The molecular weight excluding hydrogens is 467 g/mol. The molecule has 1 amide bonds. The van der Waals surface area contributed by atoms with E-state index in [2.05, 4.69) is 15.6 Å². The van der Waals surface area contributed by atoms with Gasteiger partial charge in [0, 0.05) is 33.3 Å². The van der Waals surface area contributed by atoms with E-state index >= 15 is 0 Å². The van der Waals surface area contributed by atoms with Gasteiger partial charge in [-0.1, -0.05) is 46.0 Å². The second-order valence-corrected chi connectivity index (χ2v) is 7.64. The summed E-state index contributed by atoms with van der Waals surface area (Å²) in [5, 5.41) is 11.7. The van der Waals surface area contributed by atoms with E-state index in [1.165, 1.54) is 16.8 Å². The van der Waals surface area contributed by atoms with E-state index in [1.807, 2.05) is 0 Å². The molecule has 0 atom stereocenters. The molecule has 162 valence electrons. The molecular formula is C20H17Cl3N4O4. The molecule has 11 heteroatoms. The Labute approximate surface area is 192 Å². The van der Waals surface area contributed by atoms with Gasteiger partial charge in [-0.05, 0) is 32.1 Å². The average molecular weight is 484 g/mol. The van der Waals surface area contributed by atoms with Crippen molar-refractivity contribution in [3.05, 3.63) is 68.1 Å². The van der Waals surface area contributed by atoms with Crippen LogP contribution in [0.3, 0.4) is 0 Å². The molecule has 0 unspecified atom stereocenters. The standard InChI is InChI=1S/C20H17Cl3N4O4/c1-11-8-18(31-26-11)24-17(28)10-30-19(29)7-6-13-12(2)25-27(20(13)23)9-14-15(21)4-3-5-16(14)22/h3-8H,9-10H2,1-2H3,(H,24,28)/b7-6+. The highest BCUT2D eigenvalue weighted by Crippen LogP contribution is 2.28. The van der Waals surface area contributed by atoms with E-state index in [-0.39, 0.29) is 12.4 Å². The van der Waals surface area contributed by atoms with Gasteiger partial charge in [-0.25, -0.2) is 9.48 Å². The van der Waals surface area contributed by atoms with Gasteiger partial charge >= 0.3 is 5.97 Å². The number of rotatable bonds is 7. The van der Waals surface area contributed by atoms with Crippen molar-refractivity contribution < 1.29 is 18.8 Å². The molecule has 31 heavy (non-hydrogen) atoms. The van der Waals surface area contributed by atoms with Crippen LogP contribution in [0.1, 0.15) is 22.5 Å². The molecule has 3 aromatic rings. The van der Waals surface area contributed by atoms with Crippen LogP contribution >= 0.6 is 34.8 Å². The van der Waals surface area contributed by atoms with Crippen LogP contribution < -0.4 is 5.32 Å². The highest BCUT2D eigenvalue weighted by molar-refractivity contribution is 6.36. The first-order valence-electron chi connectivity index (χ1n) is 8.98. The molecule has 0 aliphatic heterocycles. The number of anilines is 1. The summed E-state index contributed by atoms with van der Waals surface area (Å²) in [6.07, 6.45) is 2.63. The molecule has 2 heterocycles. The van der Waals surface area contributed by atoms with Crippen molar-refractivity contribution in [2.75, 3.05) is 11.9 Å². The number of carbonyl (C=O) groups is 2. The summed E-state index contributed by atoms with van der Waals surface area (Å²) in [5.41, 5.74) is 2.41. The van der Waals surface area contributed by atoms with Crippen molar-refractivity contribution >= 4 is 58.6 Å². The predicted molar refractivity (Wildman–Crippen MR) is 117 cm³/mol. The van der Waals surface area contributed by atoms with Gasteiger partial charge in [0.15, 0.2) is 6.61 Å². The maximum Gasteiger partial charge on any atom is 0.331 e. The summed E-state index contributed by atoms with van der Waals surface area (Å²) >= 11 is 18.8. The van der Waals surface area contributed by atoms with Crippen molar-refractivity contribution in [3.63, 3.8) is 0 Å². The predicted octanol–water partition coefficient (Wildman–Crippen LogP) is 4.69. The van der Waals surface area contributed by atoms with Gasteiger partial charge in [-0.3, -0.25) is 10.1 Å². The fourth-order valence-electron chi connectivity index (χ4n) is 2.63. The monoisotopic (exact) mass is 482 g/mol. The first-order chi connectivity index (χ1) is 14.7. The lowest BCUT2D eigenvalue weighted by Crippen LogP contribution is -2.19. The molecule has 0 fully saturated rings. The Morgan fingerprint density at radius 1 is 1.23 bits per heavy atom. The minimum atomic E-state index is -0.721. The quantitative estimate of drug-likeness (QED) is 0.386. The fraction of sp³-hybridized carbons (Fsp3) is 0.200. The number of esters is 1. The summed E-state index contributed by atoms with van der Waals surface area (Å²) in [6.45, 7) is 3.23. The second-order valence-electron chi connectivity index (χ2n) is 6.47. The first kappa shape index (κ1) is 22.9. The Kier molecular flexibility index (Phi) is 7.37. The van der Waals surface area contributed by atoms with Crippen LogP contribution in [-0.4, -0.2) is 33.4 Å².